The summed E-state index contributed by atoms with van der Waals surface area (Å²) in [5.74, 6) is -0.0131. The van der Waals surface area contributed by atoms with Crippen molar-refractivity contribution in [2.45, 2.75) is 45.1 Å². The molecule has 0 bridgehead atoms. The van der Waals surface area contributed by atoms with Gasteiger partial charge in [0.15, 0.2) is 0 Å². The van der Waals surface area contributed by atoms with Crippen LogP contribution in [0.3, 0.4) is 0 Å². The van der Waals surface area contributed by atoms with Gasteiger partial charge in [0.05, 0.1) is 12.5 Å². The van der Waals surface area contributed by atoms with Gasteiger partial charge in [-0.25, -0.2) is 0 Å². The van der Waals surface area contributed by atoms with Gasteiger partial charge < -0.3 is 9.64 Å². The number of carbonyl (C=O) groups excluding carboxylic acids is 1. The highest BCUT2D eigenvalue weighted by Gasteiger charge is 2.51. The Hall–Kier alpha value is -0.570. The highest BCUT2D eigenvalue weighted by Crippen LogP contribution is 2.47. The van der Waals surface area contributed by atoms with E-state index < -0.39 is 0 Å². The van der Waals surface area contributed by atoms with Gasteiger partial charge in [0, 0.05) is 6.04 Å². The minimum Gasteiger partial charge on any atom is -0.469 e. The molecule has 88 valence electrons. The summed E-state index contributed by atoms with van der Waals surface area (Å²) in [6.07, 6.45) is 5.32. The Labute approximate surface area is 92.8 Å². The van der Waals surface area contributed by atoms with Gasteiger partial charge in [-0.15, -0.1) is 0 Å². The van der Waals surface area contributed by atoms with E-state index in [1.165, 1.54) is 7.11 Å². The average molecular weight is 213 g/mol. The normalized spacial score (nSPS) is 20.9. The Morgan fingerprint density at radius 2 is 2.07 bits per heavy atom. The number of methoxy groups -OCH3 is 1. The summed E-state index contributed by atoms with van der Waals surface area (Å²) in [5, 5.41) is 0. The van der Waals surface area contributed by atoms with E-state index in [2.05, 4.69) is 25.9 Å². The van der Waals surface area contributed by atoms with Crippen LogP contribution >= 0.6 is 0 Å². The molecule has 1 saturated carbocycles. The monoisotopic (exact) mass is 213 g/mol. The molecule has 1 fully saturated rings. The predicted molar refractivity (Wildman–Crippen MR) is 60.7 cm³/mol. The van der Waals surface area contributed by atoms with Crippen molar-refractivity contribution in [1.29, 1.82) is 0 Å². The highest BCUT2D eigenvalue weighted by molar-refractivity contribution is 5.78. The summed E-state index contributed by atoms with van der Waals surface area (Å²) in [6, 6.07) is 0.337. The van der Waals surface area contributed by atoms with Crippen molar-refractivity contribution < 1.29 is 9.53 Å². The fourth-order valence-electron chi connectivity index (χ4n) is 2.74. The molecule has 1 aliphatic rings. The summed E-state index contributed by atoms with van der Waals surface area (Å²) in [5.41, 5.74) is -0.214. The zero-order valence-electron chi connectivity index (χ0n) is 10.4. The smallest absolute Gasteiger partial charge is 0.313 e. The van der Waals surface area contributed by atoms with Crippen LogP contribution in [-0.4, -0.2) is 38.1 Å². The van der Waals surface area contributed by atoms with Crippen molar-refractivity contribution in [2.24, 2.45) is 5.41 Å². The summed E-state index contributed by atoms with van der Waals surface area (Å²) >= 11 is 0. The van der Waals surface area contributed by atoms with Crippen LogP contribution in [0.25, 0.3) is 0 Å². The van der Waals surface area contributed by atoms with Crippen LogP contribution in [0.2, 0.25) is 0 Å². The lowest BCUT2D eigenvalue weighted by Crippen LogP contribution is -2.54. The van der Waals surface area contributed by atoms with Gasteiger partial charge in [0.1, 0.15) is 0 Å². The van der Waals surface area contributed by atoms with Crippen LogP contribution < -0.4 is 0 Å². The molecular formula is C12H23NO2. The van der Waals surface area contributed by atoms with Gasteiger partial charge in [-0.3, -0.25) is 4.79 Å². The Balaban J connectivity index is 2.81. The first kappa shape index (κ1) is 12.5. The molecule has 0 aromatic carbocycles. The number of ether oxygens (including phenoxy) is 1. The van der Waals surface area contributed by atoms with Crippen LogP contribution in [-0.2, 0) is 9.53 Å². The topological polar surface area (TPSA) is 29.5 Å². The fraction of sp³-hybridized carbons (Fsp3) is 0.917. The first-order chi connectivity index (χ1) is 7.08. The predicted octanol–water partition coefficient (Wildman–Crippen LogP) is 2.06. The van der Waals surface area contributed by atoms with Crippen molar-refractivity contribution in [1.82, 2.24) is 4.90 Å². The highest BCUT2D eigenvalue weighted by atomic mass is 16.5. The third-order valence-corrected chi connectivity index (χ3v) is 3.66. The number of hydrogen-bond donors (Lipinski definition) is 0. The molecule has 0 N–H and O–H groups in total. The molecule has 0 aliphatic heterocycles. The van der Waals surface area contributed by atoms with Gasteiger partial charge in [-0.1, -0.05) is 19.8 Å². The van der Waals surface area contributed by atoms with E-state index >= 15 is 0 Å². The summed E-state index contributed by atoms with van der Waals surface area (Å²) in [6.45, 7) is 2.17. The molecule has 1 aliphatic carbocycles. The van der Waals surface area contributed by atoms with Crippen LogP contribution in [0.15, 0.2) is 0 Å². The molecule has 0 saturated heterocycles. The summed E-state index contributed by atoms with van der Waals surface area (Å²) < 4.78 is 4.97. The van der Waals surface area contributed by atoms with Crippen LogP contribution in [0, 0.1) is 5.41 Å². The van der Waals surface area contributed by atoms with E-state index in [4.69, 9.17) is 4.74 Å². The SMILES string of the molecule is CCCC(N(C)C)C1(C(=O)OC)CCC1. The fourth-order valence-corrected chi connectivity index (χ4v) is 2.74. The maximum absolute atomic E-state index is 11.9. The molecule has 0 spiro atoms. The minimum atomic E-state index is -0.214. The lowest BCUT2D eigenvalue weighted by Gasteiger charge is -2.47. The maximum Gasteiger partial charge on any atom is 0.313 e. The molecular weight excluding hydrogens is 190 g/mol. The van der Waals surface area contributed by atoms with Gasteiger partial charge in [-0.05, 0) is 33.4 Å². The van der Waals surface area contributed by atoms with Crippen LogP contribution in [0.5, 0.6) is 0 Å². The molecule has 0 radical (unpaired) electrons. The molecule has 3 heteroatoms. The second-order valence-corrected chi connectivity index (χ2v) is 4.77. The van der Waals surface area contributed by atoms with Crippen molar-refractivity contribution in [3.05, 3.63) is 0 Å². The van der Waals surface area contributed by atoms with E-state index in [9.17, 15) is 4.79 Å². The number of hydrogen-bond acceptors (Lipinski definition) is 3. The van der Waals surface area contributed by atoms with Gasteiger partial charge >= 0.3 is 5.97 Å². The Morgan fingerprint density at radius 3 is 2.33 bits per heavy atom. The molecule has 0 aromatic heterocycles. The quantitative estimate of drug-likeness (QED) is 0.655. The van der Waals surface area contributed by atoms with E-state index in [0.717, 1.165) is 32.1 Å². The molecule has 0 amide bonds. The first-order valence-electron chi connectivity index (χ1n) is 5.83. The zero-order valence-corrected chi connectivity index (χ0v) is 10.4. The van der Waals surface area contributed by atoms with Gasteiger partial charge in [-0.2, -0.15) is 0 Å². The average Bonchev–Trinajstić information content (AvgIpc) is 2.14. The number of esters is 1. The lowest BCUT2D eigenvalue weighted by atomic mass is 9.62. The van der Waals surface area contributed by atoms with Crippen molar-refractivity contribution in [3.63, 3.8) is 0 Å². The number of nitrogens with zero attached hydrogens (tertiary/aromatic N) is 1. The molecule has 1 unspecified atom stereocenters. The number of rotatable bonds is 5. The van der Waals surface area contributed by atoms with Crippen LogP contribution in [0.1, 0.15) is 39.0 Å². The van der Waals surface area contributed by atoms with Crippen molar-refractivity contribution in [2.75, 3.05) is 21.2 Å². The molecule has 3 nitrogen and oxygen atoms in total. The van der Waals surface area contributed by atoms with Crippen molar-refractivity contribution >= 4 is 5.97 Å². The Bertz CT molecular complexity index is 222. The number of carbonyl (C=O) groups is 1. The second kappa shape index (κ2) is 4.97. The van der Waals surface area contributed by atoms with E-state index in [0.29, 0.717) is 6.04 Å². The van der Waals surface area contributed by atoms with Crippen LogP contribution in [0.4, 0.5) is 0 Å². The first-order valence-corrected chi connectivity index (χ1v) is 5.83. The van der Waals surface area contributed by atoms with E-state index in [1.807, 2.05) is 0 Å². The van der Waals surface area contributed by atoms with Gasteiger partial charge in [0.25, 0.3) is 0 Å². The van der Waals surface area contributed by atoms with E-state index in [1.54, 1.807) is 0 Å². The standard InChI is InChI=1S/C12H23NO2/c1-5-7-10(13(2)3)12(8-6-9-12)11(14)15-4/h10H,5-9H2,1-4H3. The Morgan fingerprint density at radius 1 is 1.47 bits per heavy atom. The molecule has 0 aromatic rings. The lowest BCUT2D eigenvalue weighted by molar-refractivity contribution is -0.164. The molecule has 0 heterocycles. The second-order valence-electron chi connectivity index (χ2n) is 4.77. The van der Waals surface area contributed by atoms with Crippen molar-refractivity contribution in [3.8, 4) is 0 Å². The molecule has 1 rings (SSSR count). The maximum atomic E-state index is 11.9. The molecule has 15 heavy (non-hydrogen) atoms. The molecule has 1 atom stereocenters. The summed E-state index contributed by atoms with van der Waals surface area (Å²) in [7, 11) is 5.62. The minimum absolute atomic E-state index is 0.0131. The largest absolute Gasteiger partial charge is 0.469 e. The van der Waals surface area contributed by atoms with E-state index in [-0.39, 0.29) is 11.4 Å². The third kappa shape index (κ3) is 2.17. The van der Waals surface area contributed by atoms with Gasteiger partial charge in [0.2, 0.25) is 0 Å². The third-order valence-electron chi connectivity index (χ3n) is 3.66. The summed E-state index contributed by atoms with van der Waals surface area (Å²) in [4.78, 5) is 14.1. The Kier molecular flexibility index (Phi) is 4.14. The zero-order chi connectivity index (χ0) is 11.5.